The van der Waals surface area contributed by atoms with Gasteiger partial charge in [0.2, 0.25) is 0 Å². The van der Waals surface area contributed by atoms with Crippen molar-refractivity contribution in [2.45, 2.75) is 50.0 Å². The molecule has 1 aliphatic carbocycles. The lowest BCUT2D eigenvalue weighted by atomic mass is 9.93. The molecule has 5 aromatic rings. The van der Waals surface area contributed by atoms with E-state index >= 15 is 0 Å². The second-order valence-electron chi connectivity index (χ2n) is 9.80. The van der Waals surface area contributed by atoms with Gasteiger partial charge in [0.15, 0.2) is 17.0 Å². The Morgan fingerprint density at radius 3 is 2.55 bits per heavy atom. The maximum atomic E-state index is 13.4. The third-order valence-electron chi connectivity index (χ3n) is 7.61. The van der Waals surface area contributed by atoms with E-state index < -0.39 is 20.9 Å². The Balaban J connectivity index is 1.39. The summed E-state index contributed by atoms with van der Waals surface area (Å²) in [6, 6.07) is 8.35. The highest BCUT2D eigenvalue weighted by molar-refractivity contribution is 7.90. The molecule has 0 aliphatic heterocycles. The second-order valence-corrected chi connectivity index (χ2v) is 11.6. The van der Waals surface area contributed by atoms with Gasteiger partial charge in [-0.3, -0.25) is 14.0 Å². The summed E-state index contributed by atoms with van der Waals surface area (Å²) in [5, 5.41) is 12.0. The van der Waals surface area contributed by atoms with E-state index in [4.69, 9.17) is 4.74 Å². The van der Waals surface area contributed by atoms with E-state index in [0.717, 1.165) is 18.4 Å². The van der Waals surface area contributed by atoms with Crippen molar-refractivity contribution >= 4 is 32.5 Å². The predicted molar refractivity (Wildman–Crippen MR) is 141 cm³/mol. The summed E-state index contributed by atoms with van der Waals surface area (Å²) in [6.45, 7) is 4.00. The normalized spacial score (nSPS) is 20.0. The van der Waals surface area contributed by atoms with Gasteiger partial charge in [0.05, 0.1) is 23.7 Å². The average molecular weight is 535 g/mol. The lowest BCUT2D eigenvalue weighted by molar-refractivity contribution is 0.406. The fourth-order valence-corrected chi connectivity index (χ4v) is 6.92. The number of fused-ring (bicyclic) bond motifs is 3. The van der Waals surface area contributed by atoms with Gasteiger partial charge in [-0.2, -0.15) is 0 Å². The van der Waals surface area contributed by atoms with Crippen LogP contribution in [0.25, 0.3) is 16.8 Å². The molecule has 196 valence electrons. The predicted octanol–water partition coefficient (Wildman–Crippen LogP) is 2.61. The molecule has 1 aliphatic rings. The van der Waals surface area contributed by atoms with Crippen molar-refractivity contribution in [3.8, 4) is 5.75 Å². The summed E-state index contributed by atoms with van der Waals surface area (Å²) in [7, 11) is -2.49. The molecule has 0 radical (unpaired) electrons. The van der Waals surface area contributed by atoms with E-state index in [2.05, 4.69) is 27.4 Å². The number of ether oxygens (including phenoxy) is 1. The van der Waals surface area contributed by atoms with Crippen LogP contribution in [0.3, 0.4) is 0 Å². The van der Waals surface area contributed by atoms with Gasteiger partial charge in [0.1, 0.15) is 11.5 Å². The molecule has 2 aromatic carbocycles. The van der Waals surface area contributed by atoms with E-state index in [9.17, 15) is 18.0 Å². The van der Waals surface area contributed by atoms with Gasteiger partial charge in [-0.15, -0.1) is 10.2 Å². The van der Waals surface area contributed by atoms with Gasteiger partial charge in [-0.1, -0.05) is 31.0 Å². The first-order chi connectivity index (χ1) is 18.2. The Hall–Kier alpha value is -4.06. The molecule has 3 aromatic heterocycles. The highest BCUT2D eigenvalue weighted by atomic mass is 32.2. The minimum atomic E-state index is -3.86. The number of aromatic nitrogens is 5. The number of hydrogen-bond acceptors (Lipinski definition) is 9. The van der Waals surface area contributed by atoms with E-state index in [-0.39, 0.29) is 39.9 Å². The van der Waals surface area contributed by atoms with Gasteiger partial charge < -0.3 is 10.1 Å². The Kier molecular flexibility index (Phi) is 5.60. The van der Waals surface area contributed by atoms with Crippen molar-refractivity contribution in [1.29, 1.82) is 0 Å². The van der Waals surface area contributed by atoms with Crippen LogP contribution in [-0.2, 0) is 10.0 Å². The van der Waals surface area contributed by atoms with Crippen LogP contribution < -0.4 is 20.9 Å². The van der Waals surface area contributed by atoms with Gasteiger partial charge in [0.25, 0.3) is 20.9 Å². The second kappa shape index (κ2) is 8.76. The summed E-state index contributed by atoms with van der Waals surface area (Å²) in [6.07, 6.45) is 5.34. The van der Waals surface area contributed by atoms with E-state index in [1.54, 1.807) is 30.3 Å². The summed E-state index contributed by atoms with van der Waals surface area (Å²) < 4.78 is 35.0. The largest absolute Gasteiger partial charge is 0.491 e. The number of anilines is 1. The molecule has 1 saturated carbocycles. The number of hydrogen-bond donors (Lipinski definition) is 1. The topological polar surface area (TPSA) is 138 Å². The standard InChI is InChI=1S/C26H26N6O5S/c1-4-15-11-16(28-21-22(33)23(34)24(21)37-3)12-18(15)25-30-29-20-13-27-26-19(32(20)25)9-10-31(26)38(35,36)17-7-5-14(2)6-8-17/h5-10,13,15-16,18,28H,4,11-12H2,1-3H3/t15?,16-,18-/m0/s1. The molecule has 6 rings (SSSR count). The lowest BCUT2D eigenvalue weighted by Gasteiger charge is -2.17. The van der Waals surface area contributed by atoms with Crippen LogP contribution in [-0.4, -0.2) is 45.1 Å². The third-order valence-corrected chi connectivity index (χ3v) is 9.29. The molecule has 1 N–H and O–H groups in total. The zero-order valence-electron chi connectivity index (χ0n) is 21.1. The van der Waals surface area contributed by atoms with Crippen molar-refractivity contribution < 1.29 is 13.2 Å². The quantitative estimate of drug-likeness (QED) is 0.312. The monoisotopic (exact) mass is 534 g/mol. The third kappa shape index (κ3) is 3.54. The van der Waals surface area contributed by atoms with Crippen molar-refractivity contribution in [3.05, 3.63) is 74.6 Å². The van der Waals surface area contributed by atoms with Crippen LogP contribution in [0, 0.1) is 12.8 Å². The van der Waals surface area contributed by atoms with Gasteiger partial charge in [0, 0.05) is 18.2 Å². The smallest absolute Gasteiger partial charge is 0.271 e. The highest BCUT2D eigenvalue weighted by Gasteiger charge is 2.39. The fraction of sp³-hybridized carbons (Fsp3) is 0.346. The number of benzene rings is 1. The number of aryl methyl sites for hydroxylation is 1. The molecule has 1 fully saturated rings. The van der Waals surface area contributed by atoms with Crippen molar-refractivity contribution in [2.75, 3.05) is 12.4 Å². The lowest BCUT2D eigenvalue weighted by Crippen LogP contribution is -2.37. The van der Waals surface area contributed by atoms with Crippen LogP contribution in [0.4, 0.5) is 5.69 Å². The van der Waals surface area contributed by atoms with Crippen LogP contribution in [0.2, 0.25) is 0 Å². The van der Waals surface area contributed by atoms with Crippen molar-refractivity contribution in [1.82, 2.24) is 23.6 Å². The number of nitrogens with one attached hydrogen (secondary N) is 1. The maximum absolute atomic E-state index is 13.4. The Morgan fingerprint density at radius 1 is 1.08 bits per heavy atom. The van der Waals surface area contributed by atoms with Gasteiger partial charge in [-0.05, 0) is 43.9 Å². The summed E-state index contributed by atoms with van der Waals surface area (Å²) in [5.74, 6) is 1.01. The van der Waals surface area contributed by atoms with Crippen LogP contribution in [0.5, 0.6) is 5.75 Å². The Bertz CT molecular complexity index is 1860. The molecule has 0 amide bonds. The molecule has 0 bridgehead atoms. The molecule has 38 heavy (non-hydrogen) atoms. The van der Waals surface area contributed by atoms with Crippen LogP contribution in [0.15, 0.2) is 57.2 Å². The molecule has 1 unspecified atom stereocenters. The average Bonchev–Trinajstić information content (AvgIpc) is 3.64. The summed E-state index contributed by atoms with van der Waals surface area (Å²) in [4.78, 5) is 28.4. The SMILES string of the molecule is CCC1C[C@H](Nc2c(OC)c(=O)c2=O)C[C@@H]1c1nnc2cnc3c(ccn3S(=O)(=O)c3ccc(C)cc3)n12. The van der Waals surface area contributed by atoms with Crippen molar-refractivity contribution in [2.24, 2.45) is 5.92 Å². The summed E-state index contributed by atoms with van der Waals surface area (Å²) >= 11 is 0. The molecule has 0 saturated heterocycles. The molecule has 0 spiro atoms. The zero-order valence-corrected chi connectivity index (χ0v) is 21.9. The molecule has 3 heterocycles. The van der Waals surface area contributed by atoms with Gasteiger partial charge >= 0.3 is 0 Å². The number of nitrogens with zero attached hydrogens (tertiary/aromatic N) is 5. The first-order valence-corrected chi connectivity index (χ1v) is 13.9. The molecule has 3 atom stereocenters. The first-order valence-electron chi connectivity index (χ1n) is 12.4. The number of methoxy groups -OCH3 is 1. The van der Waals surface area contributed by atoms with Crippen molar-refractivity contribution in [3.63, 3.8) is 0 Å². The maximum Gasteiger partial charge on any atom is 0.271 e. The molecule has 12 heteroatoms. The molecular formula is C26H26N6O5S. The van der Waals surface area contributed by atoms with E-state index in [1.165, 1.54) is 23.5 Å². The molecular weight excluding hydrogens is 508 g/mol. The minimum absolute atomic E-state index is 0.00682. The van der Waals surface area contributed by atoms with Crippen LogP contribution >= 0.6 is 0 Å². The summed E-state index contributed by atoms with van der Waals surface area (Å²) in [5.41, 5.74) is 1.42. The number of rotatable bonds is 7. The fourth-order valence-electron chi connectivity index (χ4n) is 5.62. The van der Waals surface area contributed by atoms with E-state index in [0.29, 0.717) is 23.4 Å². The first kappa shape index (κ1) is 24.3. The minimum Gasteiger partial charge on any atom is -0.491 e. The molecule has 11 nitrogen and oxygen atoms in total. The zero-order chi connectivity index (χ0) is 26.8. The Labute approximate surface area is 217 Å². The highest BCUT2D eigenvalue weighted by Crippen LogP contribution is 2.43. The van der Waals surface area contributed by atoms with Crippen LogP contribution in [0.1, 0.15) is 43.5 Å². The van der Waals surface area contributed by atoms with E-state index in [1.807, 2.05) is 11.3 Å². The Morgan fingerprint density at radius 2 is 1.84 bits per heavy atom. The van der Waals surface area contributed by atoms with Gasteiger partial charge in [-0.25, -0.2) is 17.4 Å².